The number of hydrogen-bond acceptors (Lipinski definition) is 4. The van der Waals surface area contributed by atoms with Gasteiger partial charge >= 0.3 is 0 Å². The molecule has 2 saturated heterocycles. The number of rotatable bonds is 8. The molecule has 2 atom stereocenters. The first-order valence-corrected chi connectivity index (χ1v) is 13.2. The van der Waals surface area contributed by atoms with Gasteiger partial charge in [0.1, 0.15) is 11.5 Å². The van der Waals surface area contributed by atoms with Crippen LogP contribution >= 0.6 is 0 Å². The van der Waals surface area contributed by atoms with Crippen molar-refractivity contribution in [3.63, 3.8) is 0 Å². The SMILES string of the molecule is Cc1cc(Cc2cccc(C)c2OCC2CCCN(C)C2)cc(C)c1OCC1CCCN(C)C1. The Bertz CT molecular complexity index is 934. The smallest absolute Gasteiger partial charge is 0.125 e. The van der Waals surface area contributed by atoms with Crippen LogP contribution in [0.1, 0.15) is 53.5 Å². The highest BCUT2D eigenvalue weighted by atomic mass is 16.5. The van der Waals surface area contributed by atoms with Crippen LogP contribution in [0.4, 0.5) is 0 Å². The number of para-hydroxylation sites is 1. The van der Waals surface area contributed by atoms with E-state index >= 15 is 0 Å². The van der Waals surface area contributed by atoms with Gasteiger partial charge in [0.05, 0.1) is 13.2 Å². The first-order chi connectivity index (χ1) is 16.4. The average molecular weight is 465 g/mol. The molecule has 2 aromatic carbocycles. The molecule has 34 heavy (non-hydrogen) atoms. The largest absolute Gasteiger partial charge is 0.493 e. The number of hydrogen-bond donors (Lipinski definition) is 0. The Labute approximate surface area is 207 Å². The summed E-state index contributed by atoms with van der Waals surface area (Å²) < 4.78 is 12.8. The zero-order chi connectivity index (χ0) is 24.1. The maximum Gasteiger partial charge on any atom is 0.125 e. The summed E-state index contributed by atoms with van der Waals surface area (Å²) in [6, 6.07) is 11.2. The first-order valence-electron chi connectivity index (χ1n) is 13.2. The number of ether oxygens (including phenoxy) is 2. The average Bonchev–Trinajstić information content (AvgIpc) is 2.78. The molecule has 2 aliphatic rings. The van der Waals surface area contributed by atoms with Crippen molar-refractivity contribution < 1.29 is 9.47 Å². The van der Waals surface area contributed by atoms with Crippen LogP contribution < -0.4 is 9.47 Å². The molecule has 2 unspecified atom stereocenters. The van der Waals surface area contributed by atoms with Gasteiger partial charge in [0, 0.05) is 31.3 Å². The molecule has 4 rings (SSSR count). The molecule has 186 valence electrons. The Morgan fingerprint density at radius 3 is 1.88 bits per heavy atom. The van der Waals surface area contributed by atoms with Gasteiger partial charge in [-0.1, -0.05) is 30.3 Å². The van der Waals surface area contributed by atoms with Crippen LogP contribution in [0.25, 0.3) is 0 Å². The lowest BCUT2D eigenvalue weighted by Crippen LogP contribution is -2.34. The van der Waals surface area contributed by atoms with E-state index in [-0.39, 0.29) is 0 Å². The highest BCUT2D eigenvalue weighted by molar-refractivity contribution is 5.48. The lowest BCUT2D eigenvalue weighted by atomic mass is 9.97. The van der Waals surface area contributed by atoms with Crippen LogP contribution in [0.3, 0.4) is 0 Å². The van der Waals surface area contributed by atoms with Gasteiger partial charge in [-0.25, -0.2) is 0 Å². The van der Waals surface area contributed by atoms with E-state index in [1.54, 1.807) is 0 Å². The van der Waals surface area contributed by atoms with Crippen LogP contribution in [0.15, 0.2) is 30.3 Å². The third kappa shape index (κ3) is 6.55. The maximum absolute atomic E-state index is 6.47. The van der Waals surface area contributed by atoms with Crippen LogP contribution in [0, 0.1) is 32.6 Å². The predicted molar refractivity (Wildman–Crippen MR) is 141 cm³/mol. The minimum absolute atomic E-state index is 0.621. The van der Waals surface area contributed by atoms with Gasteiger partial charge in [-0.2, -0.15) is 0 Å². The summed E-state index contributed by atoms with van der Waals surface area (Å²) in [5.41, 5.74) is 6.31. The van der Waals surface area contributed by atoms with Crippen molar-refractivity contribution in [2.45, 2.75) is 52.9 Å². The van der Waals surface area contributed by atoms with E-state index in [0.717, 1.165) is 44.2 Å². The zero-order valence-electron chi connectivity index (χ0n) is 22.0. The fourth-order valence-corrected chi connectivity index (χ4v) is 5.87. The lowest BCUT2D eigenvalue weighted by Gasteiger charge is -2.30. The summed E-state index contributed by atoms with van der Waals surface area (Å²) in [7, 11) is 4.44. The monoisotopic (exact) mass is 464 g/mol. The molecule has 0 radical (unpaired) electrons. The van der Waals surface area contributed by atoms with Gasteiger partial charge in [0.25, 0.3) is 0 Å². The van der Waals surface area contributed by atoms with E-state index in [1.165, 1.54) is 66.6 Å². The fraction of sp³-hybridized carbons (Fsp3) is 0.600. The van der Waals surface area contributed by atoms with Crippen LogP contribution in [-0.4, -0.2) is 63.3 Å². The first kappa shape index (κ1) is 25.1. The number of likely N-dealkylation sites (tertiary alicyclic amines) is 2. The summed E-state index contributed by atoms with van der Waals surface area (Å²) >= 11 is 0. The van der Waals surface area contributed by atoms with Gasteiger partial charge in [0.2, 0.25) is 0 Å². The quantitative estimate of drug-likeness (QED) is 0.504. The highest BCUT2D eigenvalue weighted by Gasteiger charge is 2.20. The molecule has 0 spiro atoms. The zero-order valence-corrected chi connectivity index (χ0v) is 22.0. The normalized spacial score (nSPS) is 22.0. The molecule has 2 aromatic rings. The van der Waals surface area contributed by atoms with E-state index in [1.807, 2.05) is 0 Å². The molecule has 2 aliphatic heterocycles. The Hall–Kier alpha value is -2.04. The van der Waals surface area contributed by atoms with Crippen LogP contribution in [0.2, 0.25) is 0 Å². The lowest BCUT2D eigenvalue weighted by molar-refractivity contribution is 0.149. The molecular weight excluding hydrogens is 420 g/mol. The van der Waals surface area contributed by atoms with Gasteiger partial charge in [-0.05, 0) is 101 Å². The van der Waals surface area contributed by atoms with Gasteiger partial charge in [0.15, 0.2) is 0 Å². The van der Waals surface area contributed by atoms with Crippen molar-refractivity contribution >= 4 is 0 Å². The standard InChI is InChI=1S/C30H44N2O2/c1-22-9-6-12-28(30(22)34-21-26-11-8-14-32(5)19-26)17-27-15-23(2)29(24(3)16-27)33-20-25-10-7-13-31(4)18-25/h6,9,12,15-16,25-26H,7-8,10-11,13-14,17-21H2,1-5H3. The van der Waals surface area contributed by atoms with Crippen molar-refractivity contribution in [3.8, 4) is 11.5 Å². The van der Waals surface area contributed by atoms with E-state index in [2.05, 4.69) is 75.0 Å². The van der Waals surface area contributed by atoms with E-state index in [0.29, 0.717) is 11.8 Å². The van der Waals surface area contributed by atoms with Crippen molar-refractivity contribution in [2.75, 3.05) is 53.5 Å². The highest BCUT2D eigenvalue weighted by Crippen LogP contribution is 2.31. The van der Waals surface area contributed by atoms with E-state index < -0.39 is 0 Å². The molecule has 0 amide bonds. The minimum Gasteiger partial charge on any atom is -0.493 e. The van der Waals surface area contributed by atoms with Gasteiger partial charge in [-0.15, -0.1) is 0 Å². The van der Waals surface area contributed by atoms with Crippen molar-refractivity contribution in [2.24, 2.45) is 11.8 Å². The second-order valence-corrected chi connectivity index (χ2v) is 11.0. The van der Waals surface area contributed by atoms with Crippen molar-refractivity contribution in [3.05, 3.63) is 58.1 Å². The molecule has 2 heterocycles. The molecule has 2 fully saturated rings. The molecule has 4 nitrogen and oxygen atoms in total. The number of benzene rings is 2. The Morgan fingerprint density at radius 2 is 1.32 bits per heavy atom. The Balaban J connectivity index is 1.42. The second-order valence-electron chi connectivity index (χ2n) is 11.0. The summed E-state index contributed by atoms with van der Waals surface area (Å²) in [6.45, 7) is 12.9. The fourth-order valence-electron chi connectivity index (χ4n) is 5.87. The number of piperidine rings is 2. The van der Waals surface area contributed by atoms with Crippen molar-refractivity contribution in [1.82, 2.24) is 9.80 Å². The third-order valence-electron chi connectivity index (χ3n) is 7.58. The maximum atomic E-state index is 6.47. The summed E-state index contributed by atoms with van der Waals surface area (Å²) in [5, 5.41) is 0. The molecule has 0 saturated carbocycles. The van der Waals surface area contributed by atoms with Crippen LogP contribution in [-0.2, 0) is 6.42 Å². The second kappa shape index (κ2) is 11.6. The topological polar surface area (TPSA) is 24.9 Å². The molecule has 0 N–H and O–H groups in total. The number of nitrogens with zero attached hydrogens (tertiary/aromatic N) is 2. The number of aryl methyl sites for hydroxylation is 3. The van der Waals surface area contributed by atoms with Gasteiger partial charge in [-0.3, -0.25) is 0 Å². The third-order valence-corrected chi connectivity index (χ3v) is 7.58. The van der Waals surface area contributed by atoms with Crippen molar-refractivity contribution in [1.29, 1.82) is 0 Å². The minimum atomic E-state index is 0.621. The summed E-state index contributed by atoms with van der Waals surface area (Å²) in [6.07, 6.45) is 5.97. The summed E-state index contributed by atoms with van der Waals surface area (Å²) in [4.78, 5) is 4.85. The van der Waals surface area contributed by atoms with Gasteiger partial charge < -0.3 is 19.3 Å². The molecular formula is C30H44N2O2. The molecule has 0 aliphatic carbocycles. The van der Waals surface area contributed by atoms with E-state index in [4.69, 9.17) is 9.47 Å². The predicted octanol–water partition coefficient (Wildman–Crippen LogP) is 5.64. The molecule has 0 aromatic heterocycles. The Morgan fingerprint density at radius 1 is 0.765 bits per heavy atom. The molecule has 4 heteroatoms. The Kier molecular flexibility index (Phi) is 8.55. The molecule has 0 bridgehead atoms. The van der Waals surface area contributed by atoms with E-state index in [9.17, 15) is 0 Å². The summed E-state index contributed by atoms with van der Waals surface area (Å²) in [5.74, 6) is 3.40. The van der Waals surface area contributed by atoms with Crippen LogP contribution in [0.5, 0.6) is 11.5 Å².